The van der Waals surface area contributed by atoms with Gasteiger partial charge >= 0.3 is 0 Å². The Bertz CT molecular complexity index is 1160. The number of hydrogen-bond acceptors (Lipinski definition) is 7. The largest absolute Gasteiger partial charge is 0.497 e. The van der Waals surface area contributed by atoms with Crippen molar-refractivity contribution in [1.82, 2.24) is 25.1 Å². The normalized spacial score (nSPS) is 11.4. The van der Waals surface area contributed by atoms with Crippen LogP contribution < -0.4 is 10.1 Å². The van der Waals surface area contributed by atoms with Gasteiger partial charge in [0, 0.05) is 17.5 Å². The maximum absolute atomic E-state index is 5.28. The second-order valence-electron chi connectivity index (χ2n) is 7.35. The van der Waals surface area contributed by atoms with Crippen LogP contribution in [-0.4, -0.2) is 58.4 Å². The van der Waals surface area contributed by atoms with Gasteiger partial charge in [0.15, 0.2) is 17.2 Å². The summed E-state index contributed by atoms with van der Waals surface area (Å²) in [6, 6.07) is 15.7. The highest BCUT2D eigenvalue weighted by Crippen LogP contribution is 2.28. The summed E-state index contributed by atoms with van der Waals surface area (Å²) in [5.74, 6) is 2.17. The van der Waals surface area contributed by atoms with Crippen LogP contribution in [0.4, 0.5) is 5.82 Å². The highest BCUT2D eigenvalue weighted by atomic mass is 16.5. The zero-order valence-corrected chi connectivity index (χ0v) is 18.3. The zero-order valence-electron chi connectivity index (χ0n) is 18.3. The summed E-state index contributed by atoms with van der Waals surface area (Å²) in [5, 5.41) is 13.3. The number of hydrogen-bond donors (Lipinski definition) is 1. The van der Waals surface area contributed by atoms with E-state index in [2.05, 4.69) is 34.3 Å². The summed E-state index contributed by atoms with van der Waals surface area (Å²) >= 11 is 0. The maximum Gasteiger partial charge on any atom is 0.162 e. The molecule has 0 saturated carbocycles. The van der Waals surface area contributed by atoms with Crippen molar-refractivity contribution in [2.45, 2.75) is 20.3 Å². The summed E-state index contributed by atoms with van der Waals surface area (Å²) in [4.78, 5) is 12.1. The van der Waals surface area contributed by atoms with Gasteiger partial charge in [-0.2, -0.15) is 0 Å². The third-order valence-corrected chi connectivity index (χ3v) is 5.49. The van der Waals surface area contributed by atoms with Gasteiger partial charge < -0.3 is 15.0 Å². The first-order valence-corrected chi connectivity index (χ1v) is 10.8. The molecule has 7 nitrogen and oxygen atoms in total. The lowest BCUT2D eigenvalue weighted by Gasteiger charge is -2.18. The number of nitrogens with zero attached hydrogens (tertiary/aromatic N) is 5. The van der Waals surface area contributed by atoms with Gasteiger partial charge in [0.25, 0.3) is 0 Å². The topological polar surface area (TPSA) is 76.1 Å². The molecule has 4 rings (SSSR count). The van der Waals surface area contributed by atoms with Crippen LogP contribution in [0.3, 0.4) is 0 Å². The third kappa shape index (κ3) is 4.56. The van der Waals surface area contributed by atoms with Crippen LogP contribution in [0.15, 0.2) is 48.5 Å². The fraction of sp³-hybridized carbons (Fsp3) is 0.333. The van der Waals surface area contributed by atoms with Crippen LogP contribution in [0.5, 0.6) is 5.75 Å². The predicted molar refractivity (Wildman–Crippen MR) is 126 cm³/mol. The first-order valence-electron chi connectivity index (χ1n) is 10.8. The minimum Gasteiger partial charge on any atom is -0.497 e. The molecule has 0 saturated heterocycles. The molecule has 0 aliphatic heterocycles. The first-order chi connectivity index (χ1) is 15.2. The highest BCUT2D eigenvalue weighted by Gasteiger charge is 2.14. The monoisotopic (exact) mass is 416 g/mol. The fourth-order valence-corrected chi connectivity index (χ4v) is 3.64. The molecule has 4 aromatic rings. The van der Waals surface area contributed by atoms with Crippen molar-refractivity contribution < 1.29 is 4.74 Å². The molecule has 160 valence electrons. The SMILES string of the molecule is CCN(CC)CCCNc1nc(-c2ccc(OC)cc2)nc2c1nnc1ccccc12. The molecule has 0 unspecified atom stereocenters. The van der Waals surface area contributed by atoms with Crippen molar-refractivity contribution in [3.8, 4) is 17.1 Å². The van der Waals surface area contributed by atoms with E-state index in [1.54, 1.807) is 7.11 Å². The average Bonchev–Trinajstić information content (AvgIpc) is 2.83. The number of rotatable bonds is 9. The molecule has 0 aliphatic rings. The first kappa shape index (κ1) is 20.9. The average molecular weight is 417 g/mol. The van der Waals surface area contributed by atoms with Crippen molar-refractivity contribution >= 4 is 27.8 Å². The Labute approximate surface area is 182 Å². The zero-order chi connectivity index (χ0) is 21.6. The van der Waals surface area contributed by atoms with E-state index in [1.165, 1.54) is 0 Å². The number of methoxy groups -OCH3 is 1. The van der Waals surface area contributed by atoms with E-state index in [0.29, 0.717) is 17.2 Å². The van der Waals surface area contributed by atoms with E-state index < -0.39 is 0 Å². The Morgan fingerprint density at radius 1 is 0.903 bits per heavy atom. The molecule has 1 N–H and O–H groups in total. The van der Waals surface area contributed by atoms with Crippen LogP contribution in [0, 0.1) is 0 Å². The molecule has 0 aliphatic carbocycles. The van der Waals surface area contributed by atoms with E-state index >= 15 is 0 Å². The van der Waals surface area contributed by atoms with Crippen LogP contribution in [0.2, 0.25) is 0 Å². The van der Waals surface area contributed by atoms with Gasteiger partial charge in [-0.05, 0) is 56.4 Å². The van der Waals surface area contributed by atoms with Crippen LogP contribution >= 0.6 is 0 Å². The molecule has 2 aromatic heterocycles. The van der Waals surface area contributed by atoms with Crippen LogP contribution in [-0.2, 0) is 0 Å². The van der Waals surface area contributed by atoms with Gasteiger partial charge in [-0.25, -0.2) is 9.97 Å². The summed E-state index contributed by atoms with van der Waals surface area (Å²) in [6.45, 7) is 8.35. The van der Waals surface area contributed by atoms with E-state index in [9.17, 15) is 0 Å². The van der Waals surface area contributed by atoms with Gasteiger partial charge in [-0.1, -0.05) is 32.0 Å². The number of fused-ring (bicyclic) bond motifs is 3. The molecule has 0 bridgehead atoms. The fourth-order valence-electron chi connectivity index (χ4n) is 3.64. The van der Waals surface area contributed by atoms with Gasteiger partial charge in [0.1, 0.15) is 11.3 Å². The second kappa shape index (κ2) is 9.66. The Hall–Kier alpha value is -3.32. The van der Waals surface area contributed by atoms with Crippen LogP contribution in [0.1, 0.15) is 20.3 Å². The van der Waals surface area contributed by atoms with Crippen molar-refractivity contribution in [3.63, 3.8) is 0 Å². The van der Waals surface area contributed by atoms with Crippen molar-refractivity contribution in [1.29, 1.82) is 0 Å². The van der Waals surface area contributed by atoms with Gasteiger partial charge in [0.2, 0.25) is 0 Å². The number of nitrogens with one attached hydrogen (secondary N) is 1. The molecule has 31 heavy (non-hydrogen) atoms. The Morgan fingerprint density at radius 3 is 2.42 bits per heavy atom. The van der Waals surface area contributed by atoms with Gasteiger partial charge in [0.05, 0.1) is 12.6 Å². The highest BCUT2D eigenvalue weighted by molar-refractivity contribution is 6.04. The summed E-state index contributed by atoms with van der Waals surface area (Å²) in [5.41, 5.74) is 3.24. The Morgan fingerprint density at radius 2 is 1.68 bits per heavy atom. The van der Waals surface area contributed by atoms with Crippen LogP contribution in [0.25, 0.3) is 33.3 Å². The minimum atomic E-state index is 0.652. The third-order valence-electron chi connectivity index (χ3n) is 5.49. The molecule has 7 heteroatoms. The van der Waals surface area contributed by atoms with Gasteiger partial charge in [-0.3, -0.25) is 0 Å². The second-order valence-corrected chi connectivity index (χ2v) is 7.35. The van der Waals surface area contributed by atoms with E-state index in [-0.39, 0.29) is 0 Å². The molecular weight excluding hydrogens is 388 g/mol. The molecule has 0 radical (unpaired) electrons. The quantitative estimate of drug-likeness (QED) is 0.320. The lowest BCUT2D eigenvalue weighted by Crippen LogP contribution is -2.25. The summed E-state index contributed by atoms with van der Waals surface area (Å²) in [6.07, 6.45) is 1.02. The Balaban J connectivity index is 1.72. The molecule has 0 spiro atoms. The van der Waals surface area contributed by atoms with Crippen molar-refractivity contribution in [2.24, 2.45) is 0 Å². The number of benzene rings is 2. The lowest BCUT2D eigenvalue weighted by atomic mass is 10.1. The van der Waals surface area contributed by atoms with Crippen molar-refractivity contribution in [2.75, 3.05) is 38.6 Å². The molecule has 0 atom stereocenters. The molecule has 2 aromatic carbocycles. The van der Waals surface area contributed by atoms with E-state index in [1.807, 2.05) is 48.5 Å². The molecular formula is C24H28N6O. The predicted octanol–water partition coefficient (Wildman–Crippen LogP) is 4.39. The minimum absolute atomic E-state index is 0.652. The Kier molecular flexibility index (Phi) is 6.52. The number of ether oxygens (including phenoxy) is 1. The van der Waals surface area contributed by atoms with Gasteiger partial charge in [-0.15, -0.1) is 10.2 Å². The summed E-state index contributed by atoms with van der Waals surface area (Å²) in [7, 11) is 1.66. The summed E-state index contributed by atoms with van der Waals surface area (Å²) < 4.78 is 5.28. The maximum atomic E-state index is 5.28. The van der Waals surface area contributed by atoms with E-state index in [0.717, 1.165) is 60.3 Å². The smallest absolute Gasteiger partial charge is 0.162 e. The molecule has 2 heterocycles. The number of aromatic nitrogens is 4. The standard InChI is InChI=1S/C24H28N6O/c1-4-30(5-2)16-8-15-25-24-22-21(19-9-6-7-10-20(19)28-29-22)26-23(27-24)17-11-13-18(31-3)14-12-17/h6-7,9-14H,4-5,8,15-16H2,1-3H3,(H,25,26,27). The molecule has 0 amide bonds. The lowest BCUT2D eigenvalue weighted by molar-refractivity contribution is 0.303. The van der Waals surface area contributed by atoms with E-state index in [4.69, 9.17) is 14.7 Å². The van der Waals surface area contributed by atoms with Crippen molar-refractivity contribution in [3.05, 3.63) is 48.5 Å². The number of anilines is 1. The molecule has 0 fully saturated rings.